The number of aromatic nitrogens is 3. The number of ether oxygens (including phenoxy) is 1. The largest absolute Gasteiger partial charge is 0.476 e. The number of aryl methyl sites for hydroxylation is 1. The maximum atomic E-state index is 12.3. The molecule has 0 amide bonds. The van der Waals surface area contributed by atoms with Crippen molar-refractivity contribution in [2.24, 2.45) is 13.0 Å². The zero-order valence-electron chi connectivity index (χ0n) is 18.0. The summed E-state index contributed by atoms with van der Waals surface area (Å²) >= 11 is 3.68. The minimum Gasteiger partial charge on any atom is -0.476 e. The second kappa shape index (κ2) is 8.01. The minimum absolute atomic E-state index is 0.00825. The average molecular weight is 497 g/mol. The number of pyridine rings is 1. The van der Waals surface area contributed by atoms with Crippen molar-refractivity contribution in [1.82, 2.24) is 14.8 Å². The molecule has 4 heterocycles. The van der Waals surface area contributed by atoms with Gasteiger partial charge in [-0.25, -0.2) is 4.79 Å². The van der Waals surface area contributed by atoms with Crippen LogP contribution in [0.4, 0.5) is 5.69 Å². The lowest BCUT2D eigenvalue weighted by molar-refractivity contribution is 0.0489. The van der Waals surface area contributed by atoms with Crippen molar-refractivity contribution in [1.29, 1.82) is 0 Å². The molecule has 0 spiro atoms. The fraction of sp³-hybridized carbons (Fsp3) is 0.375. The summed E-state index contributed by atoms with van der Waals surface area (Å²) in [5.41, 5.74) is 3.50. The van der Waals surface area contributed by atoms with Crippen LogP contribution in [-0.2, 0) is 17.3 Å². The molecule has 2 aliphatic rings. The van der Waals surface area contributed by atoms with Crippen LogP contribution < -0.4 is 5.32 Å². The molecule has 0 aliphatic carbocycles. The highest BCUT2D eigenvalue weighted by molar-refractivity contribution is 9.10. The lowest BCUT2D eigenvalue weighted by atomic mass is 9.65. The Kier molecular flexibility index (Phi) is 5.29. The van der Waals surface area contributed by atoms with Gasteiger partial charge in [0.2, 0.25) is 0 Å². The highest BCUT2D eigenvalue weighted by Gasteiger charge is 2.50. The standard InChI is InChI=1S/C24H25BrN4O3/c1-24(17(14-6-4-3-5-7-14)15-9-12-32-13-10-15)18-20(23(30)31)28-29(2)22(18)21-19(27-24)16(25)8-11-26-21/h3-8,11,15,17,27H,9-10,12-13H2,1-2H3,(H,30,31). The van der Waals surface area contributed by atoms with Crippen LogP contribution in [0.5, 0.6) is 0 Å². The second-order valence-electron chi connectivity index (χ2n) is 8.68. The number of anilines is 1. The maximum Gasteiger partial charge on any atom is 0.356 e. The van der Waals surface area contributed by atoms with Crippen LogP contribution in [0.3, 0.4) is 0 Å². The zero-order valence-corrected chi connectivity index (χ0v) is 19.6. The summed E-state index contributed by atoms with van der Waals surface area (Å²) in [6.07, 6.45) is 3.55. The number of benzene rings is 1. The number of halogens is 1. The summed E-state index contributed by atoms with van der Waals surface area (Å²) in [6.45, 7) is 3.52. The van der Waals surface area contributed by atoms with Crippen molar-refractivity contribution >= 4 is 27.6 Å². The third kappa shape index (κ3) is 3.24. The summed E-state index contributed by atoms with van der Waals surface area (Å²) in [6, 6.07) is 12.3. The quantitative estimate of drug-likeness (QED) is 0.539. The van der Waals surface area contributed by atoms with E-state index in [0.29, 0.717) is 30.4 Å². The van der Waals surface area contributed by atoms with E-state index in [-0.39, 0.29) is 11.6 Å². The van der Waals surface area contributed by atoms with Crippen molar-refractivity contribution in [3.05, 3.63) is 63.9 Å². The predicted octanol–water partition coefficient (Wildman–Crippen LogP) is 4.79. The summed E-state index contributed by atoms with van der Waals surface area (Å²) in [5.74, 6) is -0.712. The number of nitrogens with one attached hydrogen (secondary N) is 1. The molecule has 1 aromatic carbocycles. The van der Waals surface area contributed by atoms with Gasteiger partial charge in [0.15, 0.2) is 5.69 Å². The van der Waals surface area contributed by atoms with E-state index in [9.17, 15) is 9.90 Å². The van der Waals surface area contributed by atoms with Crippen molar-refractivity contribution in [3.63, 3.8) is 0 Å². The van der Waals surface area contributed by atoms with Gasteiger partial charge in [0.25, 0.3) is 0 Å². The van der Waals surface area contributed by atoms with Crippen LogP contribution in [0.25, 0.3) is 11.4 Å². The number of carbonyl (C=O) groups is 1. The summed E-state index contributed by atoms with van der Waals surface area (Å²) in [4.78, 5) is 16.9. The fourth-order valence-electron chi connectivity index (χ4n) is 5.52. The molecule has 7 nitrogen and oxygen atoms in total. The Balaban J connectivity index is 1.80. The first-order chi connectivity index (χ1) is 15.4. The van der Waals surface area contributed by atoms with Gasteiger partial charge in [-0.05, 0) is 53.2 Å². The van der Waals surface area contributed by atoms with Gasteiger partial charge >= 0.3 is 5.97 Å². The maximum absolute atomic E-state index is 12.3. The van der Waals surface area contributed by atoms with Crippen LogP contribution >= 0.6 is 15.9 Å². The molecule has 5 rings (SSSR count). The molecule has 2 unspecified atom stereocenters. The van der Waals surface area contributed by atoms with E-state index in [1.54, 1.807) is 17.9 Å². The SMILES string of the molecule is Cn1nc(C(=O)O)c2c1-c1nccc(Br)c1NC2(C)C(c1ccccc1)C1CCOCC1. The van der Waals surface area contributed by atoms with Gasteiger partial charge in [0.1, 0.15) is 5.69 Å². The van der Waals surface area contributed by atoms with Gasteiger partial charge in [0.05, 0.1) is 16.9 Å². The zero-order chi connectivity index (χ0) is 22.5. The molecule has 8 heteroatoms. The molecular formula is C24H25BrN4O3. The summed E-state index contributed by atoms with van der Waals surface area (Å²) in [5, 5.41) is 18.3. The lowest BCUT2D eigenvalue weighted by Crippen LogP contribution is -2.46. The number of fused-ring (bicyclic) bond motifs is 3. The number of carboxylic acid groups (broad SMARTS) is 1. The summed E-state index contributed by atoms with van der Waals surface area (Å²) < 4.78 is 8.21. The van der Waals surface area contributed by atoms with Crippen LogP contribution in [-0.4, -0.2) is 39.1 Å². The van der Waals surface area contributed by atoms with E-state index in [1.165, 1.54) is 5.56 Å². The van der Waals surface area contributed by atoms with E-state index < -0.39 is 11.5 Å². The van der Waals surface area contributed by atoms with E-state index in [2.05, 4.69) is 50.4 Å². The number of aromatic carboxylic acids is 1. The van der Waals surface area contributed by atoms with E-state index in [4.69, 9.17) is 4.74 Å². The molecule has 1 fully saturated rings. The molecule has 2 aromatic heterocycles. The topological polar surface area (TPSA) is 89.3 Å². The van der Waals surface area contributed by atoms with Crippen LogP contribution in [0.15, 0.2) is 47.1 Å². The Hall–Kier alpha value is -2.71. The van der Waals surface area contributed by atoms with Gasteiger partial charge in [-0.15, -0.1) is 0 Å². The molecule has 0 bridgehead atoms. The third-order valence-electron chi connectivity index (χ3n) is 6.80. The van der Waals surface area contributed by atoms with E-state index in [1.807, 2.05) is 24.3 Å². The smallest absolute Gasteiger partial charge is 0.356 e. The molecular weight excluding hydrogens is 472 g/mol. The fourth-order valence-corrected chi connectivity index (χ4v) is 5.92. The normalized spacial score (nSPS) is 21.3. The van der Waals surface area contributed by atoms with Crippen molar-refractivity contribution in [3.8, 4) is 11.4 Å². The molecule has 166 valence electrons. The number of carboxylic acids is 1. The first kappa shape index (κ1) is 21.2. The molecule has 2 aliphatic heterocycles. The van der Waals surface area contributed by atoms with Gasteiger partial charge in [-0.1, -0.05) is 30.3 Å². The number of hydrogen-bond donors (Lipinski definition) is 2. The van der Waals surface area contributed by atoms with E-state index in [0.717, 1.165) is 28.7 Å². The first-order valence-electron chi connectivity index (χ1n) is 10.8. The van der Waals surface area contributed by atoms with Gasteiger partial charge < -0.3 is 15.2 Å². The Morgan fingerprint density at radius 2 is 2.00 bits per heavy atom. The van der Waals surface area contributed by atoms with Gasteiger partial charge in [0, 0.05) is 42.4 Å². The monoisotopic (exact) mass is 496 g/mol. The van der Waals surface area contributed by atoms with Crippen molar-refractivity contribution < 1.29 is 14.6 Å². The van der Waals surface area contributed by atoms with Gasteiger partial charge in [-0.3, -0.25) is 9.67 Å². The highest BCUT2D eigenvalue weighted by Crippen LogP contribution is 2.54. The third-order valence-corrected chi connectivity index (χ3v) is 7.46. The lowest BCUT2D eigenvalue weighted by Gasteiger charge is -2.47. The second-order valence-corrected chi connectivity index (χ2v) is 9.54. The first-order valence-corrected chi connectivity index (χ1v) is 11.6. The van der Waals surface area contributed by atoms with Crippen molar-refractivity contribution in [2.75, 3.05) is 18.5 Å². The minimum atomic E-state index is -1.04. The molecule has 0 radical (unpaired) electrons. The van der Waals surface area contributed by atoms with Gasteiger partial charge in [-0.2, -0.15) is 5.10 Å². The highest BCUT2D eigenvalue weighted by atomic mass is 79.9. The Morgan fingerprint density at radius 1 is 1.28 bits per heavy atom. The number of rotatable bonds is 4. The Morgan fingerprint density at radius 3 is 2.69 bits per heavy atom. The van der Waals surface area contributed by atoms with Crippen molar-refractivity contribution in [2.45, 2.75) is 31.2 Å². The molecule has 2 atom stereocenters. The van der Waals surface area contributed by atoms with Crippen LogP contribution in [0.1, 0.15) is 47.3 Å². The number of nitrogens with zero attached hydrogens (tertiary/aromatic N) is 3. The van der Waals surface area contributed by atoms with Crippen LogP contribution in [0.2, 0.25) is 0 Å². The Bertz CT molecular complexity index is 1170. The van der Waals surface area contributed by atoms with Crippen LogP contribution in [0, 0.1) is 5.92 Å². The molecule has 0 saturated carbocycles. The molecule has 32 heavy (non-hydrogen) atoms. The molecule has 1 saturated heterocycles. The predicted molar refractivity (Wildman–Crippen MR) is 125 cm³/mol. The Labute approximate surface area is 194 Å². The molecule has 2 N–H and O–H groups in total. The number of hydrogen-bond acceptors (Lipinski definition) is 5. The summed E-state index contributed by atoms with van der Waals surface area (Å²) in [7, 11) is 1.79. The van der Waals surface area contributed by atoms with E-state index >= 15 is 0 Å². The average Bonchev–Trinajstić information content (AvgIpc) is 3.15. The molecule has 3 aromatic rings.